The van der Waals surface area contributed by atoms with E-state index in [4.69, 9.17) is 13.9 Å². The summed E-state index contributed by atoms with van der Waals surface area (Å²) < 4.78 is 17.1. The summed E-state index contributed by atoms with van der Waals surface area (Å²) >= 11 is 0. The molecule has 7 nitrogen and oxygen atoms in total. The van der Waals surface area contributed by atoms with E-state index in [0.29, 0.717) is 17.9 Å². The van der Waals surface area contributed by atoms with Crippen molar-refractivity contribution in [2.75, 3.05) is 20.4 Å². The van der Waals surface area contributed by atoms with Crippen LogP contribution in [0.4, 0.5) is 0 Å². The Morgan fingerprint density at radius 2 is 1.86 bits per heavy atom. The summed E-state index contributed by atoms with van der Waals surface area (Å²) in [7, 11) is 1.67. The van der Waals surface area contributed by atoms with Crippen LogP contribution in [0.2, 0.25) is 0 Å². The smallest absolute Gasteiger partial charge is 0.246 e. The number of carbonyl (C=O) groups is 2. The van der Waals surface area contributed by atoms with Crippen LogP contribution in [0, 0.1) is 0 Å². The molecule has 0 N–H and O–H groups in total. The number of piperazine rings is 1. The topological polar surface area (TPSA) is 72.2 Å². The molecule has 1 aromatic heterocycles. The summed E-state index contributed by atoms with van der Waals surface area (Å²) in [6.07, 6.45) is 0.375. The largest absolute Gasteiger partial charge is 0.461 e. The van der Waals surface area contributed by atoms with Crippen LogP contribution in [0.15, 0.2) is 46.9 Å². The number of rotatable bonds is 1. The maximum atomic E-state index is 13.1. The van der Waals surface area contributed by atoms with Gasteiger partial charge in [0.25, 0.3) is 0 Å². The normalized spacial score (nSPS) is 22.8. The Kier molecular flexibility index (Phi) is 3.27. The average Bonchev–Trinajstić information content (AvgIpc) is 3.34. The van der Waals surface area contributed by atoms with Crippen molar-refractivity contribution in [3.63, 3.8) is 0 Å². The zero-order chi connectivity index (χ0) is 19.7. The highest BCUT2D eigenvalue weighted by molar-refractivity contribution is 5.97. The predicted molar refractivity (Wildman–Crippen MR) is 103 cm³/mol. The Bertz CT molecular complexity index is 1180. The number of hydrogen-bond donors (Lipinski definition) is 0. The van der Waals surface area contributed by atoms with Crippen molar-refractivity contribution in [1.82, 2.24) is 9.80 Å². The van der Waals surface area contributed by atoms with E-state index in [0.717, 1.165) is 27.9 Å². The van der Waals surface area contributed by atoms with Crippen molar-refractivity contribution in [1.29, 1.82) is 0 Å². The molecule has 2 atom stereocenters. The lowest BCUT2D eigenvalue weighted by Crippen LogP contribution is -2.61. The van der Waals surface area contributed by atoms with Gasteiger partial charge in [0.2, 0.25) is 18.6 Å². The van der Waals surface area contributed by atoms with Crippen LogP contribution in [0.1, 0.15) is 22.9 Å². The first-order chi connectivity index (χ1) is 14.1. The minimum absolute atomic E-state index is 0.0681. The van der Waals surface area contributed by atoms with Crippen LogP contribution in [0.25, 0.3) is 11.0 Å². The van der Waals surface area contributed by atoms with Gasteiger partial charge in [-0.3, -0.25) is 9.59 Å². The van der Waals surface area contributed by atoms with E-state index in [1.54, 1.807) is 11.9 Å². The van der Waals surface area contributed by atoms with Crippen molar-refractivity contribution in [2.24, 2.45) is 0 Å². The van der Waals surface area contributed by atoms with Gasteiger partial charge in [0.05, 0.1) is 12.6 Å². The standard InChI is InChI=1S/C22H18N2O5/c1-23-10-19(25)24-14(22(23)26)9-18-20(13-4-2-3-5-15(13)29-18)21(24)12-6-7-16-17(8-12)28-11-27-16/h2-8,14,21H,9-11H2,1H3/t14-,21-/m1/s1. The fourth-order valence-electron chi connectivity index (χ4n) is 4.71. The van der Waals surface area contributed by atoms with Crippen molar-refractivity contribution >= 4 is 22.8 Å². The van der Waals surface area contributed by atoms with Gasteiger partial charge in [-0.1, -0.05) is 24.3 Å². The number of ether oxygens (including phenoxy) is 2. The van der Waals surface area contributed by atoms with Crippen LogP contribution in [-0.2, 0) is 16.0 Å². The molecule has 2 amide bonds. The first kappa shape index (κ1) is 16.5. The van der Waals surface area contributed by atoms with Gasteiger partial charge in [-0.05, 0) is 23.8 Å². The van der Waals surface area contributed by atoms with Crippen LogP contribution >= 0.6 is 0 Å². The minimum atomic E-state index is -0.579. The first-order valence-electron chi connectivity index (χ1n) is 9.58. The molecule has 0 saturated carbocycles. The molecule has 3 aliphatic heterocycles. The van der Waals surface area contributed by atoms with Gasteiger partial charge < -0.3 is 23.7 Å². The highest BCUT2D eigenvalue weighted by atomic mass is 16.7. The summed E-state index contributed by atoms with van der Waals surface area (Å²) in [6.45, 7) is 0.249. The molecule has 1 saturated heterocycles. The Balaban J connectivity index is 1.60. The first-order valence-corrected chi connectivity index (χ1v) is 9.58. The molecule has 146 valence electrons. The molecule has 0 aliphatic carbocycles. The molecule has 6 rings (SSSR count). The van der Waals surface area contributed by atoms with E-state index in [1.165, 1.54) is 4.90 Å². The SMILES string of the molecule is CN1CC(=O)N2[C@H](c3ccc4c(c3)OCO4)c3c(oc4ccccc34)C[C@@H]2C1=O. The molecular formula is C22H18N2O5. The molecule has 1 fully saturated rings. The monoisotopic (exact) mass is 390 g/mol. The van der Waals surface area contributed by atoms with Crippen LogP contribution in [0.3, 0.4) is 0 Å². The van der Waals surface area contributed by atoms with Crippen molar-refractivity contribution in [2.45, 2.75) is 18.5 Å². The second-order valence-electron chi connectivity index (χ2n) is 7.67. The van der Waals surface area contributed by atoms with E-state index in [2.05, 4.69) is 0 Å². The highest BCUT2D eigenvalue weighted by Gasteiger charge is 2.48. The fourth-order valence-corrected chi connectivity index (χ4v) is 4.71. The van der Waals surface area contributed by atoms with Gasteiger partial charge in [-0.15, -0.1) is 0 Å². The molecular weight excluding hydrogens is 372 g/mol. The van der Waals surface area contributed by atoms with E-state index >= 15 is 0 Å². The minimum Gasteiger partial charge on any atom is -0.461 e. The van der Waals surface area contributed by atoms with Gasteiger partial charge >= 0.3 is 0 Å². The van der Waals surface area contributed by atoms with E-state index in [9.17, 15) is 9.59 Å². The van der Waals surface area contributed by atoms with Crippen LogP contribution < -0.4 is 9.47 Å². The molecule has 7 heteroatoms. The Morgan fingerprint density at radius 1 is 1.03 bits per heavy atom. The number of fused-ring (bicyclic) bond motifs is 5. The molecule has 0 unspecified atom stereocenters. The molecule has 0 bridgehead atoms. The number of amides is 2. The summed E-state index contributed by atoms with van der Waals surface area (Å²) in [5, 5.41) is 0.961. The van der Waals surface area contributed by atoms with E-state index < -0.39 is 12.1 Å². The molecule has 3 aromatic rings. The number of hydrogen-bond acceptors (Lipinski definition) is 5. The third kappa shape index (κ3) is 2.24. The number of carbonyl (C=O) groups excluding carboxylic acids is 2. The van der Waals surface area contributed by atoms with Crippen LogP contribution in [-0.4, -0.2) is 48.0 Å². The van der Waals surface area contributed by atoms with Gasteiger partial charge in [-0.25, -0.2) is 0 Å². The fraction of sp³-hybridized carbons (Fsp3) is 0.273. The zero-order valence-corrected chi connectivity index (χ0v) is 15.8. The molecule has 0 radical (unpaired) electrons. The second kappa shape index (κ2) is 5.76. The molecule has 3 aliphatic rings. The Hall–Kier alpha value is -3.48. The van der Waals surface area contributed by atoms with Crippen molar-refractivity contribution in [3.8, 4) is 11.5 Å². The van der Waals surface area contributed by atoms with Crippen LogP contribution in [0.5, 0.6) is 11.5 Å². The number of furan rings is 1. The average molecular weight is 390 g/mol. The van der Waals surface area contributed by atoms with E-state index in [1.807, 2.05) is 42.5 Å². The number of nitrogens with zero attached hydrogens (tertiary/aromatic N) is 2. The highest BCUT2D eigenvalue weighted by Crippen LogP contribution is 2.46. The number of likely N-dealkylation sites (N-methyl/N-ethyl adjacent to an activating group) is 1. The van der Waals surface area contributed by atoms with Gasteiger partial charge in [-0.2, -0.15) is 0 Å². The third-order valence-corrected chi connectivity index (χ3v) is 6.01. The molecule has 2 aromatic carbocycles. The Morgan fingerprint density at radius 3 is 2.76 bits per heavy atom. The second-order valence-corrected chi connectivity index (χ2v) is 7.67. The lowest BCUT2D eigenvalue weighted by atomic mass is 9.85. The lowest BCUT2D eigenvalue weighted by Gasteiger charge is -2.45. The predicted octanol–water partition coefficient (Wildman–Crippen LogP) is 2.48. The summed E-state index contributed by atoms with van der Waals surface area (Å²) in [4.78, 5) is 29.3. The molecule has 4 heterocycles. The third-order valence-electron chi connectivity index (χ3n) is 6.01. The zero-order valence-electron chi connectivity index (χ0n) is 15.8. The van der Waals surface area contributed by atoms with E-state index in [-0.39, 0.29) is 25.2 Å². The lowest BCUT2D eigenvalue weighted by molar-refractivity contribution is -0.157. The molecule has 29 heavy (non-hydrogen) atoms. The van der Waals surface area contributed by atoms with Gasteiger partial charge in [0.1, 0.15) is 17.4 Å². The van der Waals surface area contributed by atoms with Gasteiger partial charge in [0.15, 0.2) is 11.5 Å². The quantitative estimate of drug-likeness (QED) is 0.638. The summed E-state index contributed by atoms with van der Waals surface area (Å²) in [5.41, 5.74) is 2.58. The maximum Gasteiger partial charge on any atom is 0.246 e. The van der Waals surface area contributed by atoms with Crippen molar-refractivity contribution < 1.29 is 23.5 Å². The Labute approximate surface area is 166 Å². The summed E-state index contributed by atoms with van der Waals surface area (Å²) in [5.74, 6) is 1.94. The molecule has 0 spiro atoms. The maximum absolute atomic E-state index is 13.1. The number of para-hydroxylation sites is 1. The number of benzene rings is 2. The summed E-state index contributed by atoms with van der Waals surface area (Å²) in [6, 6.07) is 12.5. The van der Waals surface area contributed by atoms with Gasteiger partial charge in [0, 0.05) is 24.4 Å². The van der Waals surface area contributed by atoms with Crippen molar-refractivity contribution in [3.05, 3.63) is 59.4 Å².